The average Bonchev–Trinajstić information content (AvgIpc) is 3.39. The molecule has 5 rings (SSSR count). The molecule has 1 aromatic heterocycles. The summed E-state index contributed by atoms with van der Waals surface area (Å²) in [4.78, 5) is 0. The van der Waals surface area contributed by atoms with Crippen molar-refractivity contribution in [1.82, 2.24) is 4.57 Å². The zero-order valence-electron chi connectivity index (χ0n) is 23.9. The van der Waals surface area contributed by atoms with Crippen LogP contribution in [-0.4, -0.2) is 9.67 Å². The van der Waals surface area contributed by atoms with Crippen LogP contribution in [0.3, 0.4) is 0 Å². The number of rotatable bonds is 6. The first-order valence-corrected chi connectivity index (χ1v) is 13.5. The Bertz CT molecular complexity index is 1630. The summed E-state index contributed by atoms with van der Waals surface area (Å²) in [5.41, 5.74) is 5.67. The largest absolute Gasteiger partial charge is 0.506 e. The smallest absolute Gasteiger partial charge is 0.270 e. The predicted molar refractivity (Wildman–Crippen MR) is 168 cm³/mol. The van der Waals surface area contributed by atoms with Gasteiger partial charge in [0.25, 0.3) is 5.92 Å². The number of phenolic OH excluding ortho intramolecular Hbond substituents is 1. The first-order chi connectivity index (χ1) is 19.1. The second kappa shape index (κ2) is 13.1. The highest BCUT2D eigenvalue weighted by Crippen LogP contribution is 2.35. The molecule has 0 fully saturated rings. The molecule has 40 heavy (non-hydrogen) atoms. The Labute approximate surface area is 236 Å². The van der Waals surface area contributed by atoms with E-state index in [9.17, 15) is 13.9 Å². The third-order valence-corrected chi connectivity index (χ3v) is 6.57. The van der Waals surface area contributed by atoms with Gasteiger partial charge in [0.05, 0.1) is 11.2 Å². The summed E-state index contributed by atoms with van der Waals surface area (Å²) in [6.07, 6.45) is 4.61. The van der Waals surface area contributed by atoms with E-state index in [0.717, 1.165) is 58.0 Å². The minimum absolute atomic E-state index is 0.177. The molecule has 0 unspecified atom stereocenters. The fourth-order valence-corrected chi connectivity index (χ4v) is 4.30. The van der Waals surface area contributed by atoms with Gasteiger partial charge in [-0.05, 0) is 71.6 Å². The van der Waals surface area contributed by atoms with Crippen molar-refractivity contribution in [2.75, 3.05) is 5.32 Å². The molecule has 0 bridgehead atoms. The van der Waals surface area contributed by atoms with Crippen molar-refractivity contribution in [3.05, 3.63) is 121 Å². The number of nitrogens with one attached hydrogen (secondary N) is 1. The summed E-state index contributed by atoms with van der Waals surface area (Å²) in [6, 6.07) is 24.3. The lowest BCUT2D eigenvalue weighted by Gasteiger charge is -2.14. The van der Waals surface area contributed by atoms with Crippen LogP contribution in [0.1, 0.15) is 50.8 Å². The van der Waals surface area contributed by atoms with E-state index in [2.05, 4.69) is 50.5 Å². The lowest BCUT2D eigenvalue weighted by atomic mass is 10.0. The van der Waals surface area contributed by atoms with E-state index >= 15 is 0 Å². The van der Waals surface area contributed by atoms with Gasteiger partial charge in [-0.2, -0.15) is 0 Å². The number of halogens is 2. The first kappa shape index (κ1) is 30.2. The fourth-order valence-electron chi connectivity index (χ4n) is 4.30. The van der Waals surface area contributed by atoms with Crippen molar-refractivity contribution < 1.29 is 13.9 Å². The van der Waals surface area contributed by atoms with E-state index < -0.39 is 5.92 Å². The number of aromatic hydroxyl groups is 1. The van der Waals surface area contributed by atoms with Gasteiger partial charge >= 0.3 is 0 Å². The molecule has 3 nitrogen and oxygen atoms in total. The Hall–Kier alpha value is -4.38. The number of allylic oxidation sites excluding steroid dienone is 1. The predicted octanol–water partition coefficient (Wildman–Crippen LogP) is 10.6. The number of hydrogen-bond donors (Lipinski definition) is 2. The van der Waals surface area contributed by atoms with E-state index in [1.165, 1.54) is 17.7 Å². The van der Waals surface area contributed by atoms with Crippen LogP contribution in [0.15, 0.2) is 104 Å². The van der Waals surface area contributed by atoms with E-state index in [1.54, 1.807) is 6.08 Å². The summed E-state index contributed by atoms with van der Waals surface area (Å²) in [5, 5.41) is 16.8. The number of fused-ring (bicyclic) bond motifs is 3. The van der Waals surface area contributed by atoms with Gasteiger partial charge in [0.1, 0.15) is 5.75 Å². The highest BCUT2D eigenvalue weighted by Gasteiger charge is 2.25. The van der Waals surface area contributed by atoms with Crippen molar-refractivity contribution in [1.29, 1.82) is 0 Å². The molecule has 2 N–H and O–H groups in total. The number of hydrogen-bond acceptors (Lipinski definition) is 2. The second-order valence-electron chi connectivity index (χ2n) is 9.36. The fraction of sp³-hybridized carbons (Fsp3) is 0.200. The minimum Gasteiger partial charge on any atom is -0.506 e. The molecule has 0 saturated heterocycles. The van der Waals surface area contributed by atoms with Crippen molar-refractivity contribution in [3.8, 4) is 11.4 Å². The number of benzene rings is 4. The van der Waals surface area contributed by atoms with Gasteiger partial charge in [0, 0.05) is 35.5 Å². The molecule has 5 aromatic rings. The summed E-state index contributed by atoms with van der Waals surface area (Å²) in [7, 11) is 0. The van der Waals surface area contributed by atoms with E-state index in [4.69, 9.17) is 0 Å². The van der Waals surface area contributed by atoms with Crippen LogP contribution < -0.4 is 5.32 Å². The van der Waals surface area contributed by atoms with E-state index in [-0.39, 0.29) is 11.3 Å². The van der Waals surface area contributed by atoms with Gasteiger partial charge in [-0.15, -0.1) is 0 Å². The first-order valence-electron chi connectivity index (χ1n) is 13.5. The number of nitrogens with zero attached hydrogens (tertiary/aromatic N) is 1. The Morgan fingerprint density at radius 2 is 1.70 bits per heavy atom. The number of aryl methyl sites for hydroxylation is 1. The highest BCUT2D eigenvalue weighted by molar-refractivity contribution is 6.07. The summed E-state index contributed by atoms with van der Waals surface area (Å²) in [5.74, 6) is -3.17. The molecule has 0 spiro atoms. The molecule has 0 atom stereocenters. The maximum atomic E-state index is 13.5. The van der Waals surface area contributed by atoms with Gasteiger partial charge in [-0.3, -0.25) is 0 Å². The topological polar surface area (TPSA) is 37.2 Å². The number of phenols is 1. The number of para-hydroxylation sites is 1. The van der Waals surface area contributed by atoms with Crippen LogP contribution >= 0.6 is 0 Å². The molecule has 208 valence electrons. The van der Waals surface area contributed by atoms with Crippen LogP contribution in [0.5, 0.6) is 5.75 Å². The van der Waals surface area contributed by atoms with Crippen molar-refractivity contribution >= 4 is 33.4 Å². The van der Waals surface area contributed by atoms with Crippen LogP contribution in [0.4, 0.5) is 14.5 Å². The van der Waals surface area contributed by atoms with Crippen molar-refractivity contribution in [3.63, 3.8) is 0 Å². The molecule has 0 aliphatic carbocycles. The van der Waals surface area contributed by atoms with E-state index in [1.807, 2.05) is 67.1 Å². The SMILES string of the molecule is C=C(CC)Nc1ccccc1C.C=Cc1ccc2c(ccc3c2ccn3-c2ccc(C(C)(F)F)cc2O)c1.CC. The molecule has 0 saturated carbocycles. The third-order valence-electron chi connectivity index (χ3n) is 6.57. The Kier molecular flexibility index (Phi) is 9.89. The van der Waals surface area contributed by atoms with Gasteiger partial charge in [-0.25, -0.2) is 8.78 Å². The lowest BCUT2D eigenvalue weighted by Crippen LogP contribution is -2.07. The van der Waals surface area contributed by atoms with Gasteiger partial charge < -0.3 is 15.0 Å². The molecular formula is C35H38F2N2O. The minimum atomic E-state index is -2.99. The maximum absolute atomic E-state index is 13.5. The zero-order valence-corrected chi connectivity index (χ0v) is 23.9. The summed E-state index contributed by atoms with van der Waals surface area (Å²) < 4.78 is 28.8. The summed E-state index contributed by atoms with van der Waals surface area (Å²) in [6.45, 7) is 16.7. The quantitative estimate of drug-likeness (QED) is 0.225. The molecule has 1 heterocycles. The van der Waals surface area contributed by atoms with Crippen molar-refractivity contribution in [2.24, 2.45) is 0 Å². The molecule has 4 aromatic carbocycles. The van der Waals surface area contributed by atoms with Crippen LogP contribution in [-0.2, 0) is 5.92 Å². The zero-order chi connectivity index (χ0) is 29.4. The lowest BCUT2D eigenvalue weighted by molar-refractivity contribution is 0.0172. The van der Waals surface area contributed by atoms with E-state index in [0.29, 0.717) is 5.69 Å². The molecular weight excluding hydrogens is 502 g/mol. The maximum Gasteiger partial charge on any atom is 0.270 e. The standard InChI is InChI=1S/C22H17F2NO.C11H15N.C2H6/c1-3-14-4-7-17-15(12-14)5-8-19-18(17)10-11-25(19)20-9-6-16(13-21(20)26)22(2,23)24;1-4-10(3)12-11-8-6-5-7-9(11)2;1-2/h3-13,26H,1H2,2H3;5-8,12H,3-4H2,1-2H3;1-2H3. The monoisotopic (exact) mass is 540 g/mol. The van der Waals surface area contributed by atoms with Crippen molar-refractivity contribution in [2.45, 2.75) is 47.0 Å². The molecule has 0 aliphatic rings. The van der Waals surface area contributed by atoms with Gasteiger partial charge in [-0.1, -0.05) is 82.5 Å². The Morgan fingerprint density at radius 1 is 0.975 bits per heavy atom. The van der Waals surface area contributed by atoms with Gasteiger partial charge in [0.2, 0.25) is 0 Å². The van der Waals surface area contributed by atoms with Crippen LogP contribution in [0.2, 0.25) is 0 Å². The van der Waals surface area contributed by atoms with Crippen LogP contribution in [0, 0.1) is 6.92 Å². The molecule has 0 aliphatic heterocycles. The second-order valence-corrected chi connectivity index (χ2v) is 9.36. The number of aromatic nitrogens is 1. The van der Waals surface area contributed by atoms with Crippen LogP contribution in [0.25, 0.3) is 33.4 Å². The molecule has 0 radical (unpaired) electrons. The highest BCUT2D eigenvalue weighted by atomic mass is 19.3. The normalized spacial score (nSPS) is 10.8. The Morgan fingerprint density at radius 3 is 2.33 bits per heavy atom. The molecule has 5 heteroatoms. The molecule has 0 amide bonds. The van der Waals surface area contributed by atoms with Gasteiger partial charge in [0.15, 0.2) is 0 Å². The summed E-state index contributed by atoms with van der Waals surface area (Å²) >= 11 is 0. The Balaban J connectivity index is 0.000000265. The average molecular weight is 541 g/mol. The third kappa shape index (κ3) is 6.78. The number of alkyl halides is 2. The number of anilines is 1.